The summed E-state index contributed by atoms with van der Waals surface area (Å²) in [6, 6.07) is -0.870. The van der Waals surface area contributed by atoms with E-state index in [0.717, 1.165) is 64.2 Å². The van der Waals surface area contributed by atoms with E-state index in [1.54, 1.807) is 6.08 Å². The van der Waals surface area contributed by atoms with Crippen molar-refractivity contribution in [3.05, 3.63) is 60.8 Å². The first-order chi connectivity index (χ1) is 25.5. The first-order valence-electron chi connectivity index (χ1n) is 21.2. The van der Waals surface area contributed by atoms with Gasteiger partial charge in [0.25, 0.3) is 0 Å². The third kappa shape index (κ3) is 38.3. The van der Waals surface area contributed by atoms with E-state index < -0.39 is 20.0 Å². The fourth-order valence-electron chi connectivity index (χ4n) is 5.53. The average Bonchev–Trinajstić information content (AvgIpc) is 3.10. The number of carbonyl (C=O) groups excluding carboxylic acids is 1. The zero-order chi connectivity index (χ0) is 39.3. The maximum absolute atomic E-state index is 12.8. The topological polar surface area (TPSA) is 105 Å². The molecule has 0 saturated heterocycles. The Morgan fingerprint density at radius 1 is 0.642 bits per heavy atom. The zero-order valence-electron chi connectivity index (χ0n) is 34.7. The van der Waals surface area contributed by atoms with Crippen molar-refractivity contribution in [1.29, 1.82) is 0 Å². The van der Waals surface area contributed by atoms with Crippen molar-refractivity contribution in [3.8, 4) is 0 Å². The fraction of sp³-hybridized carbons (Fsp3) is 0.750. The molecular weight excluding hydrogens is 683 g/mol. The van der Waals surface area contributed by atoms with Crippen LogP contribution < -0.4 is 5.32 Å². The molecule has 0 saturated carbocycles. The van der Waals surface area contributed by atoms with Gasteiger partial charge in [-0.15, -0.1) is 0 Å². The fourth-order valence-corrected chi connectivity index (χ4v) is 6.27. The van der Waals surface area contributed by atoms with E-state index in [9.17, 15) is 19.4 Å². The van der Waals surface area contributed by atoms with Crippen LogP contribution in [0, 0.1) is 0 Å². The number of aliphatic hydroxyl groups excluding tert-OH is 1. The molecule has 53 heavy (non-hydrogen) atoms. The Balaban J connectivity index is 4.50. The molecule has 3 N–H and O–H groups in total. The standard InChI is InChI=1S/C44H81N2O6P/c1-6-8-10-12-14-16-18-20-21-22-23-24-25-26-28-30-32-34-36-38-44(48)45-42(41-52-53(49,50)51-40-39-46(3,4)5)43(47)37-35-33-31-29-27-19-17-15-13-11-9-7-2/h14,16,20-21,23-24,27,29,35,37,42-43,47H,6-13,15,17-19,22,25-26,28,30-34,36,38-41H2,1-5H3,(H-,45,48,49,50)/p+1/b16-14-,21-20-,24-23-,29-27+,37-35+. The lowest BCUT2D eigenvalue weighted by atomic mass is 10.1. The molecule has 0 bridgehead atoms. The van der Waals surface area contributed by atoms with Crippen LogP contribution in [-0.2, 0) is 18.4 Å². The van der Waals surface area contributed by atoms with Gasteiger partial charge in [-0.1, -0.05) is 145 Å². The number of allylic oxidation sites excluding steroid dienone is 9. The number of aliphatic hydroxyl groups is 1. The second-order valence-electron chi connectivity index (χ2n) is 15.4. The van der Waals surface area contributed by atoms with E-state index in [0.29, 0.717) is 17.4 Å². The SMILES string of the molecule is CCCCC/C=C\C/C=C\C/C=C\CCCCCCCCC(=O)NC(COP(=O)(O)OCC[N+](C)(C)C)C(O)/C=C/CC/C=C/CCCCCCCC. The van der Waals surface area contributed by atoms with E-state index in [1.165, 1.54) is 77.0 Å². The molecule has 3 unspecified atom stereocenters. The van der Waals surface area contributed by atoms with Crippen LogP contribution in [0.3, 0.4) is 0 Å². The highest BCUT2D eigenvalue weighted by Gasteiger charge is 2.27. The van der Waals surface area contributed by atoms with Crippen molar-refractivity contribution in [2.24, 2.45) is 0 Å². The molecule has 0 aromatic heterocycles. The minimum Gasteiger partial charge on any atom is -0.387 e. The molecule has 0 aliphatic heterocycles. The normalized spacial score (nSPS) is 15.1. The molecule has 0 aromatic rings. The smallest absolute Gasteiger partial charge is 0.387 e. The Morgan fingerprint density at radius 2 is 1.09 bits per heavy atom. The van der Waals surface area contributed by atoms with Crippen molar-refractivity contribution in [1.82, 2.24) is 5.32 Å². The van der Waals surface area contributed by atoms with Gasteiger partial charge in [0.1, 0.15) is 13.2 Å². The van der Waals surface area contributed by atoms with Crippen molar-refractivity contribution in [2.45, 2.75) is 174 Å². The maximum atomic E-state index is 12.8. The zero-order valence-corrected chi connectivity index (χ0v) is 35.6. The summed E-state index contributed by atoms with van der Waals surface area (Å²) in [5.74, 6) is -0.204. The quantitative estimate of drug-likeness (QED) is 0.0252. The summed E-state index contributed by atoms with van der Waals surface area (Å²) in [5.41, 5.74) is 0. The molecule has 0 radical (unpaired) electrons. The Hall–Kier alpha value is -1.80. The van der Waals surface area contributed by atoms with Gasteiger partial charge in [0.05, 0.1) is 39.9 Å². The maximum Gasteiger partial charge on any atom is 0.472 e. The Bertz CT molecular complexity index is 1050. The minimum absolute atomic E-state index is 0.0506. The molecule has 8 nitrogen and oxygen atoms in total. The Kier molecular flexibility index (Phi) is 34.7. The van der Waals surface area contributed by atoms with Gasteiger partial charge in [0.15, 0.2) is 0 Å². The molecule has 0 aliphatic carbocycles. The number of phosphoric ester groups is 1. The number of hydrogen-bond donors (Lipinski definition) is 3. The van der Waals surface area contributed by atoms with Crippen LogP contribution in [0.5, 0.6) is 0 Å². The third-order valence-electron chi connectivity index (χ3n) is 8.96. The highest BCUT2D eigenvalue weighted by molar-refractivity contribution is 7.47. The van der Waals surface area contributed by atoms with E-state index in [2.05, 4.69) is 67.8 Å². The van der Waals surface area contributed by atoms with Gasteiger partial charge in [-0.05, 0) is 70.6 Å². The van der Waals surface area contributed by atoms with Crippen LogP contribution in [0.15, 0.2) is 60.8 Å². The summed E-state index contributed by atoms with van der Waals surface area (Å²) < 4.78 is 23.5. The van der Waals surface area contributed by atoms with Gasteiger partial charge in [-0.25, -0.2) is 4.57 Å². The number of carbonyl (C=O) groups is 1. The number of phosphoric acid groups is 1. The second kappa shape index (κ2) is 35.9. The lowest BCUT2D eigenvalue weighted by Crippen LogP contribution is -2.45. The van der Waals surface area contributed by atoms with Gasteiger partial charge in [-0.2, -0.15) is 0 Å². The summed E-state index contributed by atoms with van der Waals surface area (Å²) in [6.07, 6.45) is 45.7. The monoisotopic (exact) mass is 766 g/mol. The number of quaternary nitrogens is 1. The number of nitrogens with zero attached hydrogens (tertiary/aromatic N) is 1. The van der Waals surface area contributed by atoms with Gasteiger partial charge in [0.2, 0.25) is 5.91 Å². The molecular formula is C44H82N2O6P+. The minimum atomic E-state index is -4.35. The predicted molar refractivity (Wildman–Crippen MR) is 226 cm³/mol. The molecule has 0 fully saturated rings. The molecule has 0 spiro atoms. The molecule has 1 amide bonds. The van der Waals surface area contributed by atoms with Gasteiger partial charge >= 0.3 is 7.82 Å². The van der Waals surface area contributed by atoms with E-state index in [1.807, 2.05) is 27.2 Å². The highest BCUT2D eigenvalue weighted by Crippen LogP contribution is 2.43. The summed E-state index contributed by atoms with van der Waals surface area (Å²) in [5, 5.41) is 13.7. The first kappa shape index (κ1) is 51.2. The Morgan fingerprint density at radius 3 is 1.68 bits per heavy atom. The van der Waals surface area contributed by atoms with Crippen LogP contribution in [0.2, 0.25) is 0 Å². The Labute approximate surface area is 326 Å². The van der Waals surface area contributed by atoms with Crippen LogP contribution in [0.25, 0.3) is 0 Å². The van der Waals surface area contributed by atoms with E-state index >= 15 is 0 Å². The molecule has 0 heterocycles. The lowest BCUT2D eigenvalue weighted by molar-refractivity contribution is -0.870. The number of unbranched alkanes of at least 4 members (excludes halogenated alkanes) is 16. The highest BCUT2D eigenvalue weighted by atomic mass is 31.2. The van der Waals surface area contributed by atoms with Crippen molar-refractivity contribution in [3.63, 3.8) is 0 Å². The number of likely N-dealkylation sites (N-methyl/N-ethyl adjacent to an activating group) is 1. The van der Waals surface area contributed by atoms with Gasteiger partial charge < -0.3 is 19.8 Å². The predicted octanol–water partition coefficient (Wildman–Crippen LogP) is 11.5. The van der Waals surface area contributed by atoms with Crippen molar-refractivity contribution >= 4 is 13.7 Å². The summed E-state index contributed by atoms with van der Waals surface area (Å²) in [6.45, 7) is 4.71. The molecule has 3 atom stereocenters. The van der Waals surface area contributed by atoms with Crippen LogP contribution in [0.4, 0.5) is 0 Å². The van der Waals surface area contributed by atoms with Gasteiger partial charge in [-0.3, -0.25) is 13.8 Å². The van der Waals surface area contributed by atoms with E-state index in [-0.39, 0.29) is 19.1 Å². The third-order valence-corrected chi connectivity index (χ3v) is 9.94. The van der Waals surface area contributed by atoms with Crippen molar-refractivity contribution in [2.75, 3.05) is 40.9 Å². The first-order valence-corrected chi connectivity index (χ1v) is 22.7. The molecule has 9 heteroatoms. The second-order valence-corrected chi connectivity index (χ2v) is 16.8. The van der Waals surface area contributed by atoms with E-state index in [4.69, 9.17) is 9.05 Å². The molecule has 0 rings (SSSR count). The summed E-state index contributed by atoms with van der Waals surface area (Å²) >= 11 is 0. The molecule has 0 aromatic carbocycles. The van der Waals surface area contributed by atoms with Crippen LogP contribution in [0.1, 0.15) is 162 Å². The lowest BCUT2D eigenvalue weighted by Gasteiger charge is -2.25. The number of hydrogen-bond acceptors (Lipinski definition) is 5. The molecule has 308 valence electrons. The number of rotatable bonds is 37. The summed E-state index contributed by atoms with van der Waals surface area (Å²) in [7, 11) is 1.53. The number of nitrogens with one attached hydrogen (secondary N) is 1. The largest absolute Gasteiger partial charge is 0.472 e. The van der Waals surface area contributed by atoms with Crippen LogP contribution >= 0.6 is 7.82 Å². The van der Waals surface area contributed by atoms with Crippen LogP contribution in [-0.4, -0.2) is 73.4 Å². The average molecular weight is 766 g/mol. The molecule has 0 aliphatic rings. The van der Waals surface area contributed by atoms with Crippen molar-refractivity contribution < 1.29 is 32.9 Å². The van der Waals surface area contributed by atoms with Gasteiger partial charge in [0, 0.05) is 6.42 Å². The number of amides is 1. The summed E-state index contributed by atoms with van der Waals surface area (Å²) in [4.78, 5) is 23.0.